The molecule has 1 unspecified atom stereocenters. The summed E-state index contributed by atoms with van der Waals surface area (Å²) in [6.45, 7) is 10.3. The van der Waals surface area contributed by atoms with E-state index < -0.39 is 0 Å². The zero-order valence-corrected chi connectivity index (χ0v) is 19.2. The molecular formula is C25H33N3O4. The number of aryl methyl sites for hydroxylation is 1. The lowest BCUT2D eigenvalue weighted by atomic mass is 9.91. The van der Waals surface area contributed by atoms with Gasteiger partial charge < -0.3 is 19.4 Å². The monoisotopic (exact) mass is 439 g/mol. The molecule has 1 aromatic carbocycles. The predicted octanol–water partition coefficient (Wildman–Crippen LogP) is 3.40. The Morgan fingerprint density at radius 1 is 1.25 bits per heavy atom. The molecule has 1 N–H and O–H groups in total. The van der Waals surface area contributed by atoms with Crippen LogP contribution in [0.15, 0.2) is 30.5 Å². The molecule has 2 aliphatic rings. The number of nitrogens with one attached hydrogen (secondary N) is 1. The second-order valence-electron chi connectivity index (χ2n) is 8.75. The Hall–Kier alpha value is -2.80. The average Bonchev–Trinajstić information content (AvgIpc) is 3.34. The molecule has 172 valence electrons. The van der Waals surface area contributed by atoms with E-state index in [9.17, 15) is 9.59 Å². The molecule has 0 saturated carbocycles. The zero-order chi connectivity index (χ0) is 22.7. The molecule has 0 bridgehead atoms. The molecule has 0 aliphatic carbocycles. The lowest BCUT2D eigenvalue weighted by molar-refractivity contribution is 0.0506. The summed E-state index contributed by atoms with van der Waals surface area (Å²) in [6, 6.07) is 8.13. The van der Waals surface area contributed by atoms with Crippen LogP contribution in [0.1, 0.15) is 58.7 Å². The van der Waals surface area contributed by atoms with Gasteiger partial charge in [0.1, 0.15) is 11.4 Å². The van der Waals surface area contributed by atoms with E-state index in [-0.39, 0.29) is 11.9 Å². The molecule has 3 heterocycles. The van der Waals surface area contributed by atoms with Crippen molar-refractivity contribution in [1.82, 2.24) is 14.8 Å². The van der Waals surface area contributed by atoms with Gasteiger partial charge in [0.25, 0.3) is 5.91 Å². The number of amides is 1. The molecule has 4 rings (SSSR count). The zero-order valence-electron chi connectivity index (χ0n) is 19.2. The third kappa shape index (κ3) is 4.67. The molecule has 7 heteroatoms. The first-order valence-electron chi connectivity index (χ1n) is 11.6. The van der Waals surface area contributed by atoms with Gasteiger partial charge in [0.05, 0.1) is 13.2 Å². The lowest BCUT2D eigenvalue weighted by Gasteiger charge is -2.39. The van der Waals surface area contributed by atoms with Crippen molar-refractivity contribution in [1.29, 1.82) is 0 Å². The quantitative estimate of drug-likeness (QED) is 0.639. The number of esters is 1. The Labute approximate surface area is 189 Å². The number of carbonyl (C=O) groups is 2. The van der Waals surface area contributed by atoms with Crippen LogP contribution in [-0.4, -0.2) is 53.7 Å². The highest BCUT2D eigenvalue weighted by Crippen LogP contribution is 2.27. The van der Waals surface area contributed by atoms with Crippen molar-refractivity contribution >= 4 is 11.9 Å². The Balaban J connectivity index is 1.34. The van der Waals surface area contributed by atoms with Crippen molar-refractivity contribution in [3.63, 3.8) is 0 Å². The minimum absolute atomic E-state index is 0.0231. The number of piperidine rings is 1. The summed E-state index contributed by atoms with van der Waals surface area (Å²) in [5.41, 5.74) is 3.35. The largest absolute Gasteiger partial charge is 0.493 e. The number of carbonyl (C=O) groups excluding carboxylic acids is 2. The fourth-order valence-electron chi connectivity index (χ4n) is 4.80. The maximum Gasteiger partial charge on any atom is 0.355 e. The van der Waals surface area contributed by atoms with Crippen molar-refractivity contribution < 1.29 is 19.1 Å². The first-order valence-corrected chi connectivity index (χ1v) is 11.6. The average molecular weight is 440 g/mol. The molecule has 1 saturated heterocycles. The highest BCUT2D eigenvalue weighted by molar-refractivity contribution is 5.98. The van der Waals surface area contributed by atoms with E-state index in [1.54, 1.807) is 0 Å². The van der Waals surface area contributed by atoms with E-state index in [2.05, 4.69) is 17.1 Å². The molecule has 2 aliphatic heterocycles. The van der Waals surface area contributed by atoms with Gasteiger partial charge in [-0.15, -0.1) is 0 Å². The maximum atomic E-state index is 12.3. The highest BCUT2D eigenvalue weighted by Gasteiger charge is 2.29. The Bertz CT molecular complexity index is 984. The maximum absolute atomic E-state index is 12.3. The third-order valence-corrected chi connectivity index (χ3v) is 6.77. The van der Waals surface area contributed by atoms with Gasteiger partial charge in [0.2, 0.25) is 0 Å². The summed E-state index contributed by atoms with van der Waals surface area (Å²) >= 11 is 0. The van der Waals surface area contributed by atoms with E-state index in [4.69, 9.17) is 9.47 Å². The summed E-state index contributed by atoms with van der Waals surface area (Å²) in [7, 11) is 0. The molecule has 1 fully saturated rings. The molecule has 2 atom stereocenters. The minimum atomic E-state index is -0.254. The highest BCUT2D eigenvalue weighted by atomic mass is 16.5. The standard InChI is InChI=1S/C25H33N3O4/c1-4-31-25(30)23-17(2)9-11-28(23)13-12-27-10-5-6-20(18(27)3)16-32-21-8-7-19-15-26-24(29)22(19)14-21/h7-9,11,14,18,20H,4-6,10,12-13,15-16H2,1-3H3,(H,26,29)/t18-,20?/m0/s1. The van der Waals surface area contributed by atoms with Crippen molar-refractivity contribution in [2.75, 3.05) is 26.3 Å². The van der Waals surface area contributed by atoms with Crippen LogP contribution in [0.2, 0.25) is 0 Å². The first-order chi connectivity index (χ1) is 15.5. The van der Waals surface area contributed by atoms with Crippen LogP contribution in [0, 0.1) is 12.8 Å². The first kappa shape index (κ1) is 22.4. The molecule has 0 spiro atoms. The van der Waals surface area contributed by atoms with Crippen LogP contribution in [0.4, 0.5) is 0 Å². The van der Waals surface area contributed by atoms with Gasteiger partial charge in [0.15, 0.2) is 0 Å². The Morgan fingerprint density at radius 2 is 2.09 bits per heavy atom. The summed E-state index contributed by atoms with van der Waals surface area (Å²) in [5.74, 6) is 0.898. The van der Waals surface area contributed by atoms with E-state index in [1.165, 1.54) is 0 Å². The van der Waals surface area contributed by atoms with Crippen molar-refractivity contribution in [3.8, 4) is 5.75 Å². The molecule has 32 heavy (non-hydrogen) atoms. The van der Waals surface area contributed by atoms with Gasteiger partial charge in [-0.3, -0.25) is 9.69 Å². The summed E-state index contributed by atoms with van der Waals surface area (Å²) < 4.78 is 13.3. The fourth-order valence-corrected chi connectivity index (χ4v) is 4.80. The number of hydrogen-bond acceptors (Lipinski definition) is 5. The third-order valence-electron chi connectivity index (χ3n) is 6.77. The van der Waals surface area contributed by atoms with Crippen molar-refractivity contribution in [2.45, 2.75) is 52.7 Å². The van der Waals surface area contributed by atoms with Crippen LogP contribution in [0.3, 0.4) is 0 Å². The molecule has 2 aromatic rings. The minimum Gasteiger partial charge on any atom is -0.493 e. The Morgan fingerprint density at radius 3 is 2.91 bits per heavy atom. The van der Waals surface area contributed by atoms with Gasteiger partial charge in [-0.1, -0.05) is 6.07 Å². The number of fused-ring (bicyclic) bond motifs is 1. The summed E-state index contributed by atoms with van der Waals surface area (Å²) in [6.07, 6.45) is 4.22. The number of benzene rings is 1. The SMILES string of the molecule is CCOC(=O)c1c(C)ccn1CCN1CCCC(COc2ccc3c(c2)C(=O)NC3)[C@@H]1C. The van der Waals surface area contributed by atoms with Crippen molar-refractivity contribution in [3.05, 3.63) is 52.8 Å². The number of nitrogens with zero attached hydrogens (tertiary/aromatic N) is 2. The molecule has 7 nitrogen and oxygen atoms in total. The van der Waals surface area contributed by atoms with Crippen LogP contribution in [-0.2, 0) is 17.8 Å². The molecule has 1 aromatic heterocycles. The van der Waals surface area contributed by atoms with Gasteiger partial charge in [-0.2, -0.15) is 0 Å². The lowest BCUT2D eigenvalue weighted by Crippen LogP contribution is -2.46. The fraction of sp³-hybridized carbons (Fsp3) is 0.520. The molecule has 1 amide bonds. The van der Waals surface area contributed by atoms with E-state index in [0.717, 1.165) is 54.9 Å². The van der Waals surface area contributed by atoms with Gasteiger partial charge in [-0.25, -0.2) is 4.79 Å². The van der Waals surface area contributed by atoms with Crippen LogP contribution >= 0.6 is 0 Å². The normalized spacial score (nSPS) is 20.7. The number of likely N-dealkylation sites (tertiary alicyclic amines) is 1. The van der Waals surface area contributed by atoms with Crippen LogP contribution < -0.4 is 10.1 Å². The van der Waals surface area contributed by atoms with Crippen molar-refractivity contribution in [2.24, 2.45) is 5.92 Å². The second-order valence-corrected chi connectivity index (χ2v) is 8.75. The van der Waals surface area contributed by atoms with Crippen LogP contribution in [0.5, 0.6) is 5.75 Å². The van der Waals surface area contributed by atoms with Gasteiger partial charge in [0, 0.05) is 43.4 Å². The number of aromatic nitrogens is 1. The smallest absolute Gasteiger partial charge is 0.355 e. The van der Waals surface area contributed by atoms with E-state index >= 15 is 0 Å². The summed E-state index contributed by atoms with van der Waals surface area (Å²) in [5, 5.41) is 2.85. The topological polar surface area (TPSA) is 72.8 Å². The molecular weight excluding hydrogens is 406 g/mol. The van der Waals surface area contributed by atoms with Gasteiger partial charge in [-0.05, 0) is 69.5 Å². The number of hydrogen-bond donors (Lipinski definition) is 1. The molecule has 0 radical (unpaired) electrons. The van der Waals surface area contributed by atoms with Crippen LogP contribution in [0.25, 0.3) is 0 Å². The number of ether oxygens (including phenoxy) is 2. The summed E-state index contributed by atoms with van der Waals surface area (Å²) in [4.78, 5) is 26.7. The Kier molecular flexibility index (Phi) is 6.84. The predicted molar refractivity (Wildman–Crippen MR) is 122 cm³/mol. The second kappa shape index (κ2) is 9.77. The number of rotatable bonds is 8. The van der Waals surface area contributed by atoms with Gasteiger partial charge >= 0.3 is 5.97 Å². The van der Waals surface area contributed by atoms with E-state index in [1.807, 2.05) is 48.9 Å². The van der Waals surface area contributed by atoms with E-state index in [0.29, 0.717) is 37.4 Å².